The van der Waals surface area contributed by atoms with Gasteiger partial charge in [-0.05, 0) is 37.6 Å². The van der Waals surface area contributed by atoms with Crippen LogP contribution in [-0.2, 0) is 14.3 Å². The maximum Gasteiger partial charge on any atom is 0.332 e. The van der Waals surface area contributed by atoms with E-state index in [4.69, 9.17) is 14.6 Å². The zero-order valence-electron chi connectivity index (χ0n) is 12.7. The molecule has 0 aromatic heterocycles. The summed E-state index contributed by atoms with van der Waals surface area (Å²) in [5, 5.41) is 11.2. The zero-order valence-corrected chi connectivity index (χ0v) is 12.7. The van der Waals surface area contributed by atoms with E-state index in [-0.39, 0.29) is 19.1 Å². The first-order chi connectivity index (χ1) is 10.5. The topological polar surface area (TPSA) is 84.9 Å². The predicted octanol–water partition coefficient (Wildman–Crippen LogP) is 1.70. The minimum atomic E-state index is -1.03. The van der Waals surface area contributed by atoms with Crippen molar-refractivity contribution in [3.8, 4) is 5.75 Å². The van der Waals surface area contributed by atoms with Crippen LogP contribution in [0.1, 0.15) is 19.4 Å². The average Bonchev–Trinajstić information content (AvgIpc) is 2.50. The van der Waals surface area contributed by atoms with Gasteiger partial charge in [-0.2, -0.15) is 0 Å². The first-order valence-corrected chi connectivity index (χ1v) is 7.06. The first-order valence-electron chi connectivity index (χ1n) is 7.06. The fourth-order valence-corrected chi connectivity index (χ4v) is 1.55. The molecule has 0 saturated carbocycles. The molecule has 6 nitrogen and oxygen atoms in total. The van der Waals surface area contributed by atoms with Crippen molar-refractivity contribution < 1.29 is 24.2 Å². The molecule has 22 heavy (non-hydrogen) atoms. The molecule has 6 heteroatoms. The summed E-state index contributed by atoms with van der Waals surface area (Å²) >= 11 is 0. The third-order valence-electron chi connectivity index (χ3n) is 2.74. The number of hydrogen-bond acceptors (Lipinski definition) is 4. The molecule has 0 aliphatic carbocycles. The van der Waals surface area contributed by atoms with Crippen molar-refractivity contribution in [1.29, 1.82) is 0 Å². The summed E-state index contributed by atoms with van der Waals surface area (Å²) < 4.78 is 10.3. The van der Waals surface area contributed by atoms with Crippen LogP contribution in [0.3, 0.4) is 0 Å². The number of carboxylic acid groups (broad SMARTS) is 1. The Labute approximate surface area is 129 Å². The SMILES string of the molecule is CCOc1ccc(/C=C/C(=O)NCCOC(C)C(=O)O)cc1. The van der Waals surface area contributed by atoms with Crippen LogP contribution in [0.4, 0.5) is 0 Å². The van der Waals surface area contributed by atoms with Gasteiger partial charge in [0.15, 0.2) is 6.10 Å². The Morgan fingerprint density at radius 3 is 2.59 bits per heavy atom. The Morgan fingerprint density at radius 1 is 1.32 bits per heavy atom. The van der Waals surface area contributed by atoms with E-state index in [1.165, 1.54) is 13.0 Å². The van der Waals surface area contributed by atoms with Gasteiger partial charge in [0, 0.05) is 12.6 Å². The van der Waals surface area contributed by atoms with E-state index < -0.39 is 12.1 Å². The van der Waals surface area contributed by atoms with Gasteiger partial charge in [-0.15, -0.1) is 0 Å². The van der Waals surface area contributed by atoms with Gasteiger partial charge in [-0.25, -0.2) is 4.79 Å². The Bertz CT molecular complexity index is 510. The number of ether oxygens (including phenoxy) is 2. The fourth-order valence-electron chi connectivity index (χ4n) is 1.55. The molecule has 1 aromatic carbocycles. The van der Waals surface area contributed by atoms with Crippen LogP contribution in [0.25, 0.3) is 6.08 Å². The van der Waals surface area contributed by atoms with E-state index >= 15 is 0 Å². The zero-order chi connectivity index (χ0) is 16.4. The normalized spacial score (nSPS) is 12.1. The number of carbonyl (C=O) groups excluding carboxylic acids is 1. The molecule has 120 valence electrons. The molecule has 2 N–H and O–H groups in total. The minimum absolute atomic E-state index is 0.149. The molecule has 0 radical (unpaired) electrons. The van der Waals surface area contributed by atoms with E-state index in [1.807, 2.05) is 31.2 Å². The summed E-state index contributed by atoms with van der Waals surface area (Å²) in [6.07, 6.45) is 2.22. The van der Waals surface area contributed by atoms with E-state index in [0.717, 1.165) is 11.3 Å². The van der Waals surface area contributed by atoms with Crippen molar-refractivity contribution >= 4 is 18.0 Å². The van der Waals surface area contributed by atoms with Crippen LogP contribution < -0.4 is 10.1 Å². The maximum atomic E-state index is 11.6. The van der Waals surface area contributed by atoms with Crippen molar-refractivity contribution in [3.63, 3.8) is 0 Å². The Kier molecular flexibility index (Phi) is 7.70. The number of hydrogen-bond donors (Lipinski definition) is 2. The van der Waals surface area contributed by atoms with Crippen molar-refractivity contribution in [3.05, 3.63) is 35.9 Å². The number of rotatable bonds is 9. The number of amides is 1. The Hall–Kier alpha value is -2.34. The molecule has 1 unspecified atom stereocenters. The number of carbonyl (C=O) groups is 2. The molecule has 1 atom stereocenters. The molecule has 0 fully saturated rings. The van der Waals surface area contributed by atoms with E-state index in [2.05, 4.69) is 5.32 Å². The highest BCUT2D eigenvalue weighted by Gasteiger charge is 2.09. The molecule has 0 saturated heterocycles. The van der Waals surface area contributed by atoms with Gasteiger partial charge in [0.25, 0.3) is 0 Å². The molecule has 0 aliphatic heterocycles. The second-order valence-electron chi connectivity index (χ2n) is 4.48. The lowest BCUT2D eigenvalue weighted by Crippen LogP contribution is -2.29. The lowest BCUT2D eigenvalue weighted by atomic mass is 10.2. The fraction of sp³-hybridized carbons (Fsp3) is 0.375. The van der Waals surface area contributed by atoms with Crippen LogP contribution in [-0.4, -0.2) is 42.8 Å². The van der Waals surface area contributed by atoms with Crippen LogP contribution in [0.5, 0.6) is 5.75 Å². The summed E-state index contributed by atoms with van der Waals surface area (Å²) in [5.41, 5.74) is 0.884. The minimum Gasteiger partial charge on any atom is -0.494 e. The second-order valence-corrected chi connectivity index (χ2v) is 4.48. The Balaban J connectivity index is 2.30. The second kappa shape index (κ2) is 9.57. The molecular formula is C16H21NO5. The van der Waals surface area contributed by atoms with Gasteiger partial charge in [-0.1, -0.05) is 12.1 Å². The van der Waals surface area contributed by atoms with Gasteiger partial charge < -0.3 is 19.9 Å². The molecular weight excluding hydrogens is 286 g/mol. The van der Waals surface area contributed by atoms with Gasteiger partial charge in [-0.3, -0.25) is 4.79 Å². The van der Waals surface area contributed by atoms with E-state index in [1.54, 1.807) is 6.08 Å². The summed E-state index contributed by atoms with van der Waals surface area (Å²) in [5.74, 6) is -0.504. The molecule has 1 rings (SSSR count). The summed E-state index contributed by atoms with van der Waals surface area (Å²) in [6.45, 7) is 4.37. The van der Waals surface area contributed by atoms with Crippen molar-refractivity contribution in [2.45, 2.75) is 20.0 Å². The number of nitrogens with one attached hydrogen (secondary N) is 1. The van der Waals surface area contributed by atoms with E-state index in [9.17, 15) is 9.59 Å². The van der Waals surface area contributed by atoms with Crippen LogP contribution in [0, 0.1) is 0 Å². The number of carboxylic acids is 1. The highest BCUT2D eigenvalue weighted by molar-refractivity contribution is 5.91. The lowest BCUT2D eigenvalue weighted by molar-refractivity contribution is -0.148. The average molecular weight is 307 g/mol. The monoisotopic (exact) mass is 307 g/mol. The van der Waals surface area contributed by atoms with Gasteiger partial charge in [0.1, 0.15) is 5.75 Å². The van der Waals surface area contributed by atoms with Crippen LogP contribution >= 0.6 is 0 Å². The summed E-state index contributed by atoms with van der Waals surface area (Å²) in [6, 6.07) is 7.38. The van der Waals surface area contributed by atoms with Crippen LogP contribution in [0.2, 0.25) is 0 Å². The molecule has 1 amide bonds. The summed E-state index contributed by atoms with van der Waals surface area (Å²) in [4.78, 5) is 22.1. The van der Waals surface area contributed by atoms with Gasteiger partial charge in [0.05, 0.1) is 13.2 Å². The van der Waals surface area contributed by atoms with Crippen LogP contribution in [0.15, 0.2) is 30.3 Å². The highest BCUT2D eigenvalue weighted by atomic mass is 16.5. The molecule has 0 bridgehead atoms. The van der Waals surface area contributed by atoms with Gasteiger partial charge in [0.2, 0.25) is 5.91 Å². The van der Waals surface area contributed by atoms with E-state index in [0.29, 0.717) is 6.61 Å². The smallest absolute Gasteiger partial charge is 0.332 e. The largest absolute Gasteiger partial charge is 0.494 e. The molecule has 0 spiro atoms. The maximum absolute atomic E-state index is 11.6. The first kappa shape index (κ1) is 17.7. The molecule has 0 aliphatic rings. The standard InChI is InChI=1S/C16H21NO5/c1-3-21-14-7-4-13(5-8-14)6-9-15(18)17-10-11-22-12(2)16(19)20/h4-9,12H,3,10-11H2,1-2H3,(H,17,18)(H,19,20)/b9-6+. The van der Waals surface area contributed by atoms with Crippen molar-refractivity contribution in [1.82, 2.24) is 5.32 Å². The molecule has 1 aromatic rings. The van der Waals surface area contributed by atoms with Gasteiger partial charge >= 0.3 is 5.97 Å². The third-order valence-corrected chi connectivity index (χ3v) is 2.74. The third kappa shape index (κ3) is 6.90. The summed E-state index contributed by atoms with van der Waals surface area (Å²) in [7, 11) is 0. The molecule has 0 heterocycles. The quantitative estimate of drug-likeness (QED) is 0.536. The van der Waals surface area contributed by atoms with Crippen molar-refractivity contribution in [2.75, 3.05) is 19.8 Å². The number of benzene rings is 1. The van der Waals surface area contributed by atoms with Crippen molar-refractivity contribution in [2.24, 2.45) is 0 Å². The lowest BCUT2D eigenvalue weighted by Gasteiger charge is -2.08. The highest BCUT2D eigenvalue weighted by Crippen LogP contribution is 2.12. The number of aliphatic carboxylic acids is 1. The Morgan fingerprint density at radius 2 is 2.00 bits per heavy atom. The predicted molar refractivity (Wildman–Crippen MR) is 82.7 cm³/mol.